The van der Waals surface area contributed by atoms with Gasteiger partial charge in [0.05, 0.1) is 0 Å². The molecule has 2 heterocycles. The number of rotatable bonds is 2. The first-order valence-electron chi connectivity index (χ1n) is 8.36. The van der Waals surface area contributed by atoms with Crippen LogP contribution in [-0.2, 0) is 4.79 Å². The van der Waals surface area contributed by atoms with E-state index in [-0.39, 0.29) is 0 Å². The van der Waals surface area contributed by atoms with E-state index in [4.69, 9.17) is 0 Å². The average molecular weight is 264 g/mol. The van der Waals surface area contributed by atoms with Gasteiger partial charge in [0, 0.05) is 25.0 Å². The predicted molar refractivity (Wildman–Crippen MR) is 77.0 cm³/mol. The van der Waals surface area contributed by atoms with Crippen molar-refractivity contribution < 1.29 is 4.79 Å². The minimum atomic E-state index is 0.461. The van der Waals surface area contributed by atoms with Gasteiger partial charge < -0.3 is 10.2 Å². The summed E-state index contributed by atoms with van der Waals surface area (Å²) in [7, 11) is 0. The van der Waals surface area contributed by atoms with Gasteiger partial charge >= 0.3 is 0 Å². The number of hydrogen-bond acceptors (Lipinski definition) is 2. The quantitative estimate of drug-likeness (QED) is 0.778. The van der Waals surface area contributed by atoms with Crippen LogP contribution in [0.5, 0.6) is 0 Å². The third kappa shape index (κ3) is 3.13. The molecule has 3 aliphatic rings. The van der Waals surface area contributed by atoms with Crippen molar-refractivity contribution in [2.24, 2.45) is 5.92 Å². The van der Waals surface area contributed by atoms with Crippen molar-refractivity contribution in [2.45, 2.75) is 76.3 Å². The fraction of sp³-hybridized carbons (Fsp3) is 0.938. The Morgan fingerprint density at radius 2 is 1.68 bits per heavy atom. The van der Waals surface area contributed by atoms with E-state index in [1.165, 1.54) is 51.4 Å². The number of nitrogens with zero attached hydrogens (tertiary/aromatic N) is 1. The maximum atomic E-state index is 12.7. The molecule has 2 saturated heterocycles. The van der Waals surface area contributed by atoms with Gasteiger partial charge in [0.2, 0.25) is 5.91 Å². The SMILES string of the molecule is O=C(CC1CCCCCC1)N1C2CCNCC1CC2. The molecule has 3 fully saturated rings. The molecule has 19 heavy (non-hydrogen) atoms. The molecule has 0 aromatic heterocycles. The zero-order valence-corrected chi connectivity index (χ0v) is 12.1. The Morgan fingerprint density at radius 3 is 2.47 bits per heavy atom. The molecule has 3 nitrogen and oxygen atoms in total. The fourth-order valence-electron chi connectivity index (χ4n) is 4.31. The Hall–Kier alpha value is -0.570. The molecule has 2 aliphatic heterocycles. The summed E-state index contributed by atoms with van der Waals surface area (Å²) in [6, 6.07) is 1.03. The Labute approximate surface area is 117 Å². The molecule has 2 atom stereocenters. The largest absolute Gasteiger partial charge is 0.335 e. The summed E-state index contributed by atoms with van der Waals surface area (Å²) in [4.78, 5) is 15.0. The lowest BCUT2D eigenvalue weighted by Crippen LogP contribution is -2.43. The molecule has 1 saturated carbocycles. The number of amides is 1. The van der Waals surface area contributed by atoms with Crippen LogP contribution in [-0.4, -0.2) is 36.0 Å². The van der Waals surface area contributed by atoms with Gasteiger partial charge in [0.25, 0.3) is 0 Å². The lowest BCUT2D eigenvalue weighted by atomic mass is 9.95. The maximum Gasteiger partial charge on any atom is 0.223 e. The molecule has 1 amide bonds. The minimum absolute atomic E-state index is 0.461. The van der Waals surface area contributed by atoms with Gasteiger partial charge in [0.15, 0.2) is 0 Å². The van der Waals surface area contributed by atoms with Crippen LogP contribution in [0, 0.1) is 5.92 Å². The first-order chi connectivity index (χ1) is 9.34. The Kier molecular flexibility index (Phi) is 4.42. The minimum Gasteiger partial charge on any atom is -0.335 e. The van der Waals surface area contributed by atoms with Crippen LogP contribution < -0.4 is 5.32 Å². The van der Waals surface area contributed by atoms with E-state index in [0.29, 0.717) is 23.9 Å². The van der Waals surface area contributed by atoms with Crippen molar-refractivity contribution in [3.63, 3.8) is 0 Å². The second kappa shape index (κ2) is 6.25. The van der Waals surface area contributed by atoms with Crippen molar-refractivity contribution in [1.82, 2.24) is 10.2 Å². The van der Waals surface area contributed by atoms with Gasteiger partial charge in [-0.25, -0.2) is 0 Å². The molecule has 108 valence electrons. The van der Waals surface area contributed by atoms with Crippen LogP contribution in [0.1, 0.15) is 64.2 Å². The number of carbonyl (C=O) groups excluding carboxylic acids is 1. The number of fused-ring (bicyclic) bond motifs is 2. The molecule has 1 aliphatic carbocycles. The zero-order valence-electron chi connectivity index (χ0n) is 12.1. The monoisotopic (exact) mass is 264 g/mol. The molecular formula is C16H28N2O. The zero-order chi connectivity index (χ0) is 13.1. The van der Waals surface area contributed by atoms with E-state index in [1.807, 2.05) is 0 Å². The van der Waals surface area contributed by atoms with Crippen LogP contribution in [0.4, 0.5) is 0 Å². The van der Waals surface area contributed by atoms with Crippen LogP contribution in [0.15, 0.2) is 0 Å². The smallest absolute Gasteiger partial charge is 0.223 e. The molecular weight excluding hydrogens is 236 g/mol. The highest BCUT2D eigenvalue weighted by atomic mass is 16.2. The Morgan fingerprint density at radius 1 is 0.947 bits per heavy atom. The van der Waals surface area contributed by atoms with Crippen LogP contribution >= 0.6 is 0 Å². The van der Waals surface area contributed by atoms with E-state index in [1.54, 1.807) is 0 Å². The normalized spacial score (nSPS) is 32.9. The first-order valence-corrected chi connectivity index (χ1v) is 8.36. The van der Waals surface area contributed by atoms with Gasteiger partial charge in [-0.05, 0) is 44.6 Å². The van der Waals surface area contributed by atoms with Crippen LogP contribution in [0.3, 0.4) is 0 Å². The second-order valence-electron chi connectivity index (χ2n) is 6.74. The molecule has 0 spiro atoms. The van der Waals surface area contributed by atoms with Gasteiger partial charge in [-0.2, -0.15) is 0 Å². The van der Waals surface area contributed by atoms with Crippen LogP contribution in [0.2, 0.25) is 0 Å². The topological polar surface area (TPSA) is 32.3 Å². The lowest BCUT2D eigenvalue weighted by Gasteiger charge is -2.29. The van der Waals surface area contributed by atoms with Crippen molar-refractivity contribution in [3.8, 4) is 0 Å². The summed E-state index contributed by atoms with van der Waals surface area (Å²) in [6.07, 6.45) is 12.4. The van der Waals surface area contributed by atoms with E-state index >= 15 is 0 Å². The Balaban J connectivity index is 1.59. The van der Waals surface area contributed by atoms with E-state index in [9.17, 15) is 4.79 Å². The highest BCUT2D eigenvalue weighted by molar-refractivity contribution is 5.77. The molecule has 0 aromatic carbocycles. The van der Waals surface area contributed by atoms with Crippen molar-refractivity contribution in [3.05, 3.63) is 0 Å². The molecule has 0 aromatic rings. The predicted octanol–water partition coefficient (Wildman–Crippen LogP) is 2.70. The second-order valence-corrected chi connectivity index (χ2v) is 6.74. The highest BCUT2D eigenvalue weighted by Crippen LogP contribution is 2.31. The Bertz CT molecular complexity index is 296. The van der Waals surface area contributed by atoms with Crippen LogP contribution in [0.25, 0.3) is 0 Å². The number of hydrogen-bond donors (Lipinski definition) is 1. The van der Waals surface area contributed by atoms with Gasteiger partial charge in [-0.3, -0.25) is 4.79 Å². The summed E-state index contributed by atoms with van der Waals surface area (Å²) in [5.74, 6) is 1.13. The summed E-state index contributed by atoms with van der Waals surface area (Å²) >= 11 is 0. The van der Waals surface area contributed by atoms with Gasteiger partial charge in [0.1, 0.15) is 0 Å². The molecule has 3 heteroatoms. The summed E-state index contributed by atoms with van der Waals surface area (Å²) in [6.45, 7) is 2.11. The summed E-state index contributed by atoms with van der Waals surface area (Å²) < 4.78 is 0. The van der Waals surface area contributed by atoms with Gasteiger partial charge in [-0.15, -0.1) is 0 Å². The number of nitrogens with one attached hydrogen (secondary N) is 1. The van der Waals surface area contributed by atoms with E-state index in [2.05, 4.69) is 10.2 Å². The maximum absolute atomic E-state index is 12.7. The third-order valence-corrected chi connectivity index (χ3v) is 5.38. The summed E-state index contributed by atoms with van der Waals surface area (Å²) in [5.41, 5.74) is 0. The summed E-state index contributed by atoms with van der Waals surface area (Å²) in [5, 5.41) is 3.48. The molecule has 2 unspecified atom stereocenters. The van der Waals surface area contributed by atoms with Crippen molar-refractivity contribution in [1.29, 1.82) is 0 Å². The lowest BCUT2D eigenvalue weighted by molar-refractivity contribution is -0.134. The van der Waals surface area contributed by atoms with E-state index < -0.39 is 0 Å². The average Bonchev–Trinajstić information content (AvgIpc) is 2.55. The van der Waals surface area contributed by atoms with Crippen molar-refractivity contribution in [2.75, 3.05) is 13.1 Å². The molecule has 2 bridgehead atoms. The number of carbonyl (C=O) groups is 1. The third-order valence-electron chi connectivity index (χ3n) is 5.38. The first kappa shape index (κ1) is 13.4. The van der Waals surface area contributed by atoms with E-state index in [0.717, 1.165) is 25.9 Å². The molecule has 3 rings (SSSR count). The highest BCUT2D eigenvalue weighted by Gasteiger charge is 2.38. The van der Waals surface area contributed by atoms with Crippen molar-refractivity contribution >= 4 is 5.91 Å². The fourth-order valence-corrected chi connectivity index (χ4v) is 4.31. The standard InChI is InChI=1S/C16H28N2O/c19-16(11-13-5-3-1-2-4-6-13)18-14-7-8-15(18)12-17-10-9-14/h13-15,17H,1-12H2. The molecule has 1 N–H and O–H groups in total. The van der Waals surface area contributed by atoms with Gasteiger partial charge in [-0.1, -0.05) is 25.7 Å². The molecule has 0 radical (unpaired) electrons.